The molecule has 1 atom stereocenters. The molecule has 0 fully saturated rings. The summed E-state index contributed by atoms with van der Waals surface area (Å²) in [5.41, 5.74) is 0.973. The number of nitrogens with one attached hydrogen (secondary N) is 1. The van der Waals surface area contributed by atoms with E-state index in [1.807, 2.05) is 44.2 Å². The van der Waals surface area contributed by atoms with Gasteiger partial charge >= 0.3 is 0 Å². The largest absolute Gasteiger partial charge is 0.354 e. The van der Waals surface area contributed by atoms with E-state index >= 15 is 4.39 Å². The predicted molar refractivity (Wildman–Crippen MR) is 176 cm³/mol. The second-order valence-electron chi connectivity index (χ2n) is 10.9. The number of hydrogen-bond acceptors (Lipinski definition) is 4. The molecule has 0 aliphatic carbocycles. The van der Waals surface area contributed by atoms with E-state index in [0.29, 0.717) is 17.1 Å². The number of sulfonamides is 1. The van der Waals surface area contributed by atoms with Gasteiger partial charge < -0.3 is 10.2 Å². The van der Waals surface area contributed by atoms with Gasteiger partial charge in [-0.1, -0.05) is 104 Å². The van der Waals surface area contributed by atoms with Crippen LogP contribution in [0.2, 0.25) is 10.0 Å². The molecule has 0 radical (unpaired) electrons. The van der Waals surface area contributed by atoms with Crippen LogP contribution in [0.1, 0.15) is 25.0 Å². The van der Waals surface area contributed by atoms with Crippen molar-refractivity contribution < 1.29 is 22.4 Å². The molecular formula is C34H34Cl2FN3O4S. The number of halogens is 3. The Morgan fingerprint density at radius 2 is 1.49 bits per heavy atom. The molecule has 2 amide bonds. The van der Waals surface area contributed by atoms with E-state index in [9.17, 15) is 18.0 Å². The molecule has 4 aromatic rings. The molecule has 0 bridgehead atoms. The Hall–Kier alpha value is -3.92. The molecule has 0 spiro atoms. The quantitative estimate of drug-likeness (QED) is 0.171. The van der Waals surface area contributed by atoms with Crippen molar-refractivity contribution in [3.8, 4) is 0 Å². The summed E-state index contributed by atoms with van der Waals surface area (Å²) in [7, 11) is -4.42. The Labute approximate surface area is 273 Å². The van der Waals surface area contributed by atoms with E-state index in [-0.39, 0.29) is 34.5 Å². The topological polar surface area (TPSA) is 86.8 Å². The zero-order chi connectivity index (χ0) is 32.6. The fraction of sp³-hybridized carbons (Fsp3) is 0.235. The molecule has 0 saturated heterocycles. The van der Waals surface area contributed by atoms with Gasteiger partial charge in [-0.3, -0.25) is 13.9 Å². The van der Waals surface area contributed by atoms with Gasteiger partial charge in [-0.25, -0.2) is 12.8 Å². The first-order valence-electron chi connectivity index (χ1n) is 14.3. The number of hydrogen-bond donors (Lipinski definition) is 1. The van der Waals surface area contributed by atoms with Crippen LogP contribution < -0.4 is 9.62 Å². The molecule has 0 aliphatic rings. The Kier molecular flexibility index (Phi) is 11.6. The number of rotatable bonds is 13. The number of anilines is 1. The van der Waals surface area contributed by atoms with Gasteiger partial charge in [-0.2, -0.15) is 0 Å². The summed E-state index contributed by atoms with van der Waals surface area (Å²) in [6.45, 7) is 3.33. The lowest BCUT2D eigenvalue weighted by Gasteiger charge is -2.34. The van der Waals surface area contributed by atoms with E-state index < -0.39 is 40.2 Å². The summed E-state index contributed by atoms with van der Waals surface area (Å²) in [6, 6.07) is 25.7. The lowest BCUT2D eigenvalue weighted by Crippen LogP contribution is -2.53. The van der Waals surface area contributed by atoms with Crippen LogP contribution in [0.4, 0.5) is 10.1 Å². The second kappa shape index (κ2) is 15.4. The van der Waals surface area contributed by atoms with Crippen molar-refractivity contribution in [3.63, 3.8) is 0 Å². The van der Waals surface area contributed by atoms with Crippen LogP contribution in [-0.4, -0.2) is 44.3 Å². The predicted octanol–water partition coefficient (Wildman–Crippen LogP) is 6.74. The first kappa shape index (κ1) is 34.0. The maximum Gasteiger partial charge on any atom is 0.264 e. The standard InChI is InChI=1S/C34H34Cl2FN3O4S/c1-24(2)21-38-34(42)32(19-25-11-5-3-6-12-25)39(22-26-17-18-27(35)20-29(26)36)33(41)23-40(31-16-10-9-15-30(31)37)45(43,44)28-13-7-4-8-14-28/h3-18,20,24,32H,19,21-23H2,1-2H3,(H,38,42). The molecule has 0 aromatic heterocycles. The van der Waals surface area contributed by atoms with Crippen LogP contribution in [0.5, 0.6) is 0 Å². The lowest BCUT2D eigenvalue weighted by atomic mass is 10.0. The van der Waals surface area contributed by atoms with E-state index in [2.05, 4.69) is 5.32 Å². The molecule has 0 aliphatic heterocycles. The molecule has 1 N–H and O–H groups in total. The number of carbonyl (C=O) groups excluding carboxylic acids is 2. The van der Waals surface area contributed by atoms with Crippen molar-refractivity contribution in [3.05, 3.63) is 130 Å². The summed E-state index contributed by atoms with van der Waals surface area (Å²) in [5, 5.41) is 3.57. The molecule has 1 unspecified atom stereocenters. The SMILES string of the molecule is CC(C)CNC(=O)C(Cc1ccccc1)N(Cc1ccc(Cl)cc1Cl)C(=O)CN(c1ccccc1F)S(=O)(=O)c1ccccc1. The normalized spacial score (nSPS) is 12.0. The average molecular weight is 671 g/mol. The van der Waals surface area contributed by atoms with Crippen LogP contribution in [0.25, 0.3) is 0 Å². The van der Waals surface area contributed by atoms with Crippen molar-refractivity contribution in [2.45, 2.75) is 37.8 Å². The minimum atomic E-state index is -4.42. The fourth-order valence-corrected chi connectivity index (χ4v) is 6.61. The highest BCUT2D eigenvalue weighted by Gasteiger charge is 2.35. The van der Waals surface area contributed by atoms with Gasteiger partial charge in [-0.15, -0.1) is 0 Å². The van der Waals surface area contributed by atoms with Crippen LogP contribution in [0.15, 0.2) is 108 Å². The number of nitrogens with zero attached hydrogens (tertiary/aromatic N) is 2. The monoisotopic (exact) mass is 669 g/mol. The van der Waals surface area contributed by atoms with E-state index in [4.69, 9.17) is 23.2 Å². The number of benzene rings is 4. The molecule has 0 saturated carbocycles. The highest BCUT2D eigenvalue weighted by Crippen LogP contribution is 2.28. The third kappa shape index (κ3) is 8.84. The first-order chi connectivity index (χ1) is 21.5. The minimum absolute atomic E-state index is 0.121. The second-order valence-corrected chi connectivity index (χ2v) is 13.6. The zero-order valence-corrected chi connectivity index (χ0v) is 27.2. The van der Waals surface area contributed by atoms with Crippen LogP contribution in [0, 0.1) is 11.7 Å². The molecular weight excluding hydrogens is 636 g/mol. The average Bonchev–Trinajstić information content (AvgIpc) is 3.02. The smallest absolute Gasteiger partial charge is 0.264 e. The number of carbonyl (C=O) groups is 2. The minimum Gasteiger partial charge on any atom is -0.354 e. The summed E-state index contributed by atoms with van der Waals surface area (Å²) < 4.78 is 43.8. The Balaban J connectivity index is 1.82. The molecule has 4 aromatic carbocycles. The van der Waals surface area contributed by atoms with Crippen molar-refractivity contribution >= 4 is 50.7 Å². The van der Waals surface area contributed by atoms with Crippen molar-refractivity contribution in [2.75, 3.05) is 17.4 Å². The van der Waals surface area contributed by atoms with E-state index in [0.717, 1.165) is 15.9 Å². The van der Waals surface area contributed by atoms with Gasteiger partial charge in [0.25, 0.3) is 10.0 Å². The van der Waals surface area contributed by atoms with Gasteiger partial charge in [0.15, 0.2) is 0 Å². The summed E-state index contributed by atoms with van der Waals surface area (Å²) in [6.07, 6.45) is 0.132. The van der Waals surface area contributed by atoms with Gasteiger partial charge in [0, 0.05) is 29.6 Å². The zero-order valence-electron chi connectivity index (χ0n) is 24.9. The molecule has 11 heteroatoms. The fourth-order valence-electron chi connectivity index (χ4n) is 4.70. The third-order valence-electron chi connectivity index (χ3n) is 7.04. The van der Waals surface area contributed by atoms with Crippen molar-refractivity contribution in [1.29, 1.82) is 0 Å². The van der Waals surface area contributed by atoms with Gasteiger partial charge in [0.1, 0.15) is 18.4 Å². The third-order valence-corrected chi connectivity index (χ3v) is 9.40. The Morgan fingerprint density at radius 3 is 2.11 bits per heavy atom. The van der Waals surface area contributed by atoms with Crippen LogP contribution in [0.3, 0.4) is 0 Å². The Bertz CT molecular complexity index is 1720. The van der Waals surface area contributed by atoms with Gasteiger partial charge in [0.05, 0.1) is 10.6 Å². The van der Waals surface area contributed by atoms with E-state index in [1.54, 1.807) is 18.2 Å². The van der Waals surface area contributed by atoms with Gasteiger partial charge in [0.2, 0.25) is 11.8 Å². The Morgan fingerprint density at radius 1 is 0.867 bits per heavy atom. The molecule has 4 rings (SSSR count). The summed E-state index contributed by atoms with van der Waals surface area (Å²) >= 11 is 12.7. The first-order valence-corrected chi connectivity index (χ1v) is 16.5. The number of amides is 2. The van der Waals surface area contributed by atoms with Gasteiger partial charge in [-0.05, 0) is 53.4 Å². The summed E-state index contributed by atoms with van der Waals surface area (Å²) in [5.74, 6) is -1.85. The van der Waals surface area contributed by atoms with Crippen molar-refractivity contribution in [2.24, 2.45) is 5.92 Å². The van der Waals surface area contributed by atoms with Crippen LogP contribution >= 0.6 is 23.2 Å². The maximum atomic E-state index is 15.2. The van der Waals surface area contributed by atoms with Crippen molar-refractivity contribution in [1.82, 2.24) is 10.2 Å². The molecule has 0 heterocycles. The highest BCUT2D eigenvalue weighted by molar-refractivity contribution is 7.92. The molecule has 45 heavy (non-hydrogen) atoms. The van der Waals surface area contributed by atoms with Crippen LogP contribution in [-0.2, 0) is 32.6 Å². The molecule has 7 nitrogen and oxygen atoms in total. The highest BCUT2D eigenvalue weighted by atomic mass is 35.5. The number of para-hydroxylation sites is 1. The lowest BCUT2D eigenvalue weighted by molar-refractivity contribution is -0.140. The molecule has 236 valence electrons. The summed E-state index contributed by atoms with van der Waals surface area (Å²) in [4.78, 5) is 29.4. The maximum absolute atomic E-state index is 15.2. The van der Waals surface area contributed by atoms with E-state index in [1.165, 1.54) is 53.4 Å².